The lowest BCUT2D eigenvalue weighted by Gasteiger charge is -2.15. The van der Waals surface area contributed by atoms with Gasteiger partial charge in [-0.05, 0) is 55.7 Å². The minimum absolute atomic E-state index is 0.352. The average molecular weight is 795 g/mol. The predicted molar refractivity (Wildman–Crippen MR) is 150 cm³/mol. The van der Waals surface area contributed by atoms with Crippen LogP contribution in [0.1, 0.15) is 19.3 Å². The number of hydrogen-bond donors (Lipinski definition) is 8. The van der Waals surface area contributed by atoms with Crippen molar-refractivity contribution in [3.05, 3.63) is 24.3 Å². The molecule has 0 amide bonds. The van der Waals surface area contributed by atoms with Gasteiger partial charge in [-0.15, -0.1) is 0 Å². The van der Waals surface area contributed by atoms with Crippen molar-refractivity contribution >= 4 is 75.8 Å². The summed E-state index contributed by atoms with van der Waals surface area (Å²) in [5.41, 5.74) is 12.9. The van der Waals surface area contributed by atoms with E-state index in [1.54, 1.807) is 12.1 Å². The van der Waals surface area contributed by atoms with Gasteiger partial charge in [-0.1, -0.05) is 12.2 Å². The van der Waals surface area contributed by atoms with Crippen molar-refractivity contribution in [1.82, 2.24) is 0 Å². The van der Waals surface area contributed by atoms with Crippen molar-refractivity contribution in [1.29, 1.82) is 0 Å². The van der Waals surface area contributed by atoms with Crippen LogP contribution in [0, 0.1) is 0 Å². The number of anilines is 1. The number of halogens is 12. The van der Waals surface area contributed by atoms with Crippen LogP contribution in [-0.2, 0) is 24.0 Å². The number of carboxylic acids is 5. The largest absolute Gasteiger partial charge is 0.490 e. The molecule has 0 heterocycles. The third-order valence-corrected chi connectivity index (χ3v) is 4.46. The van der Waals surface area contributed by atoms with E-state index >= 15 is 0 Å². The number of carbonyl (C=O) groups is 5. The number of isothiocyanates is 1. The fourth-order valence-electron chi connectivity index (χ4n) is 1.72. The second kappa shape index (κ2) is 23.7. The molecule has 50 heavy (non-hydrogen) atoms. The molecular formula is C22H22F12N4O10S2. The first-order valence-corrected chi connectivity index (χ1v) is 12.5. The van der Waals surface area contributed by atoms with Crippen LogP contribution in [0.2, 0.25) is 0 Å². The summed E-state index contributed by atoms with van der Waals surface area (Å²) >= 11 is 9.77. The predicted octanol–water partition coefficient (Wildman–Crippen LogP) is 4.60. The van der Waals surface area contributed by atoms with Crippen molar-refractivity contribution in [2.75, 3.05) is 5.32 Å². The van der Waals surface area contributed by atoms with Gasteiger partial charge in [0.25, 0.3) is 0 Å². The van der Waals surface area contributed by atoms with Crippen molar-refractivity contribution in [3.8, 4) is 0 Å². The minimum atomic E-state index is -5.08. The van der Waals surface area contributed by atoms with Crippen LogP contribution in [0.25, 0.3) is 0 Å². The molecule has 286 valence electrons. The number of nitrogens with zero attached hydrogens (tertiary/aromatic N) is 1. The molecule has 0 bridgehead atoms. The van der Waals surface area contributed by atoms with Crippen LogP contribution < -0.4 is 16.8 Å². The van der Waals surface area contributed by atoms with Gasteiger partial charge in [-0.3, -0.25) is 4.79 Å². The number of nitrogens with one attached hydrogen (secondary N) is 1. The van der Waals surface area contributed by atoms with Gasteiger partial charge in [0.15, 0.2) is 0 Å². The molecule has 1 unspecified atom stereocenters. The third kappa shape index (κ3) is 30.7. The van der Waals surface area contributed by atoms with E-state index in [2.05, 4.69) is 27.7 Å². The number of aliphatic carboxylic acids is 5. The molecule has 0 aliphatic carbocycles. The Labute approximate surface area is 280 Å². The van der Waals surface area contributed by atoms with E-state index in [0.717, 1.165) is 5.69 Å². The highest BCUT2D eigenvalue weighted by atomic mass is 32.1. The lowest BCUT2D eigenvalue weighted by atomic mass is 10.1. The SMILES string of the molecule is NC(CCC[C@H](N)C(=O)O)C(=S)Nc1ccc(N=C=S)cc1.O=C(O)C(F)(F)F.O=C(O)C(F)(F)F.O=C(O)C(F)(F)F.O=C(O)C(F)(F)F. The molecule has 0 aliphatic heterocycles. The first kappa shape index (κ1) is 52.2. The molecule has 0 spiro atoms. The molecule has 1 aromatic carbocycles. The number of aliphatic imine (C=N–C) groups is 1. The van der Waals surface area contributed by atoms with E-state index in [0.29, 0.717) is 29.9 Å². The molecule has 2 atom stereocenters. The summed E-state index contributed by atoms with van der Waals surface area (Å²) in [7, 11) is 0. The molecule has 28 heteroatoms. The summed E-state index contributed by atoms with van der Waals surface area (Å²) in [6.45, 7) is 0. The van der Waals surface area contributed by atoms with Gasteiger partial charge in [0.05, 0.1) is 21.9 Å². The Morgan fingerprint density at radius 2 is 0.940 bits per heavy atom. The number of nitrogens with two attached hydrogens (primary N) is 2. The van der Waals surface area contributed by atoms with Crippen LogP contribution >= 0.6 is 24.4 Å². The van der Waals surface area contributed by atoms with E-state index in [4.69, 9.17) is 68.4 Å². The van der Waals surface area contributed by atoms with Gasteiger partial charge in [-0.25, -0.2) is 19.2 Å². The average Bonchev–Trinajstić information content (AvgIpc) is 2.93. The Morgan fingerprint density at radius 1 is 0.660 bits per heavy atom. The summed E-state index contributed by atoms with van der Waals surface area (Å²) in [6, 6.07) is 5.97. The van der Waals surface area contributed by atoms with Crippen LogP contribution in [0.15, 0.2) is 29.3 Å². The number of carboxylic acid groups (broad SMARTS) is 5. The normalized spacial score (nSPS) is 12.0. The minimum Gasteiger partial charge on any atom is -0.480 e. The first-order valence-electron chi connectivity index (χ1n) is 11.6. The number of benzene rings is 1. The topological polar surface area (TPSA) is 263 Å². The molecule has 0 radical (unpaired) electrons. The highest BCUT2D eigenvalue weighted by Crippen LogP contribution is 2.17. The standard InChI is InChI=1S/C14H18N4O2S2.4C2HF3O2/c15-11(2-1-3-12(16)14(19)20)13(22)18-10-6-4-9(5-7-10)17-8-21;4*3-2(4,5)1(6)7/h4-7,11-12H,1-3,15-16H2,(H,18,22)(H,19,20);4*(H,6,7)/t11?,12-;;;;/m0..../s1. The van der Waals surface area contributed by atoms with Crippen molar-refractivity contribution in [2.24, 2.45) is 16.5 Å². The Hall–Kier alpha value is -4.66. The van der Waals surface area contributed by atoms with E-state index < -0.39 is 60.6 Å². The summed E-state index contributed by atoms with van der Waals surface area (Å²) < 4.78 is 127. The Balaban J connectivity index is -0.000000309. The van der Waals surface area contributed by atoms with Crippen molar-refractivity contribution in [3.63, 3.8) is 0 Å². The van der Waals surface area contributed by atoms with E-state index in [1.165, 1.54) is 0 Å². The maximum absolute atomic E-state index is 10.6. The summed E-state index contributed by atoms with van der Waals surface area (Å²) in [5, 5.41) is 42.5. The fourth-order valence-corrected chi connectivity index (χ4v) is 2.06. The van der Waals surface area contributed by atoms with Gasteiger partial charge in [0, 0.05) is 5.69 Å². The van der Waals surface area contributed by atoms with Crippen LogP contribution in [0.5, 0.6) is 0 Å². The van der Waals surface area contributed by atoms with Crippen LogP contribution in [-0.4, -0.2) is 102 Å². The molecule has 0 saturated heterocycles. The molecule has 0 fully saturated rings. The zero-order chi connectivity index (χ0) is 40.8. The Kier molecular flexibility index (Phi) is 24.7. The van der Waals surface area contributed by atoms with Crippen molar-refractivity contribution in [2.45, 2.75) is 56.1 Å². The highest BCUT2D eigenvalue weighted by molar-refractivity contribution is 7.80. The Bertz CT molecular complexity index is 1220. The third-order valence-electron chi connectivity index (χ3n) is 3.96. The smallest absolute Gasteiger partial charge is 0.480 e. The zero-order valence-corrected chi connectivity index (χ0v) is 25.4. The fraction of sp³-hybridized carbons (Fsp3) is 0.409. The van der Waals surface area contributed by atoms with Gasteiger partial charge >= 0.3 is 54.6 Å². The molecule has 1 rings (SSSR count). The van der Waals surface area contributed by atoms with Gasteiger partial charge in [-0.2, -0.15) is 57.7 Å². The second-order valence-corrected chi connectivity index (χ2v) is 8.56. The maximum Gasteiger partial charge on any atom is 0.490 e. The molecule has 1 aromatic rings. The molecule has 0 aromatic heterocycles. The van der Waals surface area contributed by atoms with E-state index in [1.807, 2.05) is 12.1 Å². The number of alkyl halides is 12. The summed E-state index contributed by atoms with van der Waals surface area (Å²) in [5.74, 6) is -12.0. The Morgan fingerprint density at radius 3 is 1.18 bits per heavy atom. The maximum atomic E-state index is 10.6. The number of rotatable bonds is 8. The number of thiocarbonyl (C=S) groups is 2. The van der Waals surface area contributed by atoms with Crippen LogP contribution in [0.4, 0.5) is 64.1 Å². The summed E-state index contributed by atoms with van der Waals surface area (Å²) in [6.07, 6.45) is -18.8. The van der Waals surface area contributed by atoms with Crippen molar-refractivity contribution < 1.29 is 102 Å². The summed E-state index contributed by atoms with van der Waals surface area (Å²) in [4.78, 5) is 50.5. The first-order chi connectivity index (χ1) is 22.2. The van der Waals surface area contributed by atoms with Gasteiger partial charge < -0.3 is 42.3 Å². The molecule has 0 saturated carbocycles. The lowest BCUT2D eigenvalue weighted by molar-refractivity contribution is -0.193. The lowest BCUT2D eigenvalue weighted by Crippen LogP contribution is -2.35. The second-order valence-electron chi connectivity index (χ2n) is 7.93. The van der Waals surface area contributed by atoms with Gasteiger partial charge in [0.1, 0.15) is 6.04 Å². The van der Waals surface area contributed by atoms with Gasteiger partial charge in [0.2, 0.25) is 0 Å². The molecule has 10 N–H and O–H groups in total. The van der Waals surface area contributed by atoms with E-state index in [9.17, 15) is 57.5 Å². The molecule has 0 aliphatic rings. The van der Waals surface area contributed by atoms with Crippen LogP contribution in [0.3, 0.4) is 0 Å². The molecule has 14 nitrogen and oxygen atoms in total. The zero-order valence-electron chi connectivity index (χ0n) is 23.8. The monoisotopic (exact) mass is 794 g/mol. The quantitative estimate of drug-likeness (QED) is 0.102. The van der Waals surface area contributed by atoms with E-state index in [-0.39, 0.29) is 6.04 Å². The highest BCUT2D eigenvalue weighted by Gasteiger charge is 2.40. The number of hydrogen-bond acceptors (Lipinski definition) is 10. The molecular weight excluding hydrogens is 772 g/mol.